The lowest BCUT2D eigenvalue weighted by molar-refractivity contribution is 0.214. The molecule has 1 heterocycles. The molecule has 5 nitrogen and oxygen atoms in total. The number of thioether (sulfide) groups is 1. The largest absolute Gasteiger partial charge is 0.497 e. The van der Waals surface area contributed by atoms with Crippen molar-refractivity contribution in [2.75, 3.05) is 31.8 Å². The third kappa shape index (κ3) is 3.85. The number of carbonyl (C=O) groups is 1. The van der Waals surface area contributed by atoms with Crippen molar-refractivity contribution in [2.24, 2.45) is 0 Å². The SMILES string of the molecule is COc1cc(OC)cc([C@H]2SCCN2C(=O)Nc2ccc(F)c(F)c2)c1. The first-order valence-corrected chi connectivity index (χ1v) is 8.94. The number of methoxy groups -OCH3 is 2. The molecule has 1 aliphatic rings. The van der Waals surface area contributed by atoms with Crippen LogP contribution in [0.1, 0.15) is 10.9 Å². The monoisotopic (exact) mass is 380 g/mol. The zero-order valence-corrected chi connectivity index (χ0v) is 15.1. The summed E-state index contributed by atoms with van der Waals surface area (Å²) < 4.78 is 37.0. The number of hydrogen-bond acceptors (Lipinski definition) is 4. The Balaban J connectivity index is 1.81. The van der Waals surface area contributed by atoms with Gasteiger partial charge in [0.05, 0.1) is 14.2 Å². The van der Waals surface area contributed by atoms with Gasteiger partial charge in [-0.05, 0) is 29.8 Å². The van der Waals surface area contributed by atoms with Gasteiger partial charge in [-0.3, -0.25) is 0 Å². The van der Waals surface area contributed by atoms with Crippen LogP contribution in [0.15, 0.2) is 36.4 Å². The maximum Gasteiger partial charge on any atom is 0.323 e. The molecule has 3 rings (SSSR count). The van der Waals surface area contributed by atoms with Gasteiger partial charge in [0, 0.05) is 30.1 Å². The van der Waals surface area contributed by atoms with Crippen molar-refractivity contribution < 1.29 is 23.0 Å². The second-order valence-corrected chi connectivity index (χ2v) is 6.81. The molecule has 26 heavy (non-hydrogen) atoms. The predicted octanol–water partition coefficient (Wildman–Crippen LogP) is 4.26. The maximum absolute atomic E-state index is 13.3. The minimum Gasteiger partial charge on any atom is -0.497 e. The second kappa shape index (κ2) is 7.82. The number of rotatable bonds is 4. The Morgan fingerprint density at radius 1 is 1.12 bits per heavy atom. The second-order valence-electron chi connectivity index (χ2n) is 5.62. The molecule has 0 aromatic heterocycles. The van der Waals surface area contributed by atoms with Crippen LogP contribution in [0.25, 0.3) is 0 Å². The highest BCUT2D eigenvalue weighted by Gasteiger charge is 2.31. The summed E-state index contributed by atoms with van der Waals surface area (Å²) in [5.74, 6) is 0.0597. The first-order valence-electron chi connectivity index (χ1n) is 7.89. The van der Waals surface area contributed by atoms with E-state index < -0.39 is 11.6 Å². The first-order chi connectivity index (χ1) is 12.5. The lowest BCUT2D eigenvalue weighted by Crippen LogP contribution is -2.34. The van der Waals surface area contributed by atoms with E-state index in [-0.39, 0.29) is 17.1 Å². The standard InChI is InChI=1S/C18H18F2N2O3S/c1-24-13-7-11(8-14(10-13)25-2)17-22(5-6-26-17)18(23)21-12-3-4-15(19)16(20)9-12/h3-4,7-10,17H,5-6H2,1-2H3,(H,21,23)/t17-/m1/s1. The fourth-order valence-corrected chi connectivity index (χ4v) is 3.93. The zero-order valence-electron chi connectivity index (χ0n) is 14.3. The number of urea groups is 1. The summed E-state index contributed by atoms with van der Waals surface area (Å²) in [4.78, 5) is 14.3. The van der Waals surface area contributed by atoms with E-state index in [1.165, 1.54) is 6.07 Å². The Morgan fingerprint density at radius 2 is 1.81 bits per heavy atom. The van der Waals surface area contributed by atoms with E-state index in [0.717, 1.165) is 23.4 Å². The highest BCUT2D eigenvalue weighted by molar-refractivity contribution is 7.99. The van der Waals surface area contributed by atoms with Crippen molar-refractivity contribution in [3.8, 4) is 11.5 Å². The number of nitrogens with one attached hydrogen (secondary N) is 1. The molecule has 8 heteroatoms. The number of carbonyl (C=O) groups excluding carboxylic acids is 1. The highest BCUT2D eigenvalue weighted by Crippen LogP contribution is 2.40. The number of anilines is 1. The van der Waals surface area contributed by atoms with Gasteiger partial charge in [0.15, 0.2) is 11.6 Å². The molecule has 138 valence electrons. The van der Waals surface area contributed by atoms with Crippen LogP contribution in [0, 0.1) is 11.6 Å². The van der Waals surface area contributed by atoms with Crippen LogP contribution in [0.2, 0.25) is 0 Å². The summed E-state index contributed by atoms with van der Waals surface area (Å²) >= 11 is 1.61. The molecule has 0 unspecified atom stereocenters. The van der Waals surface area contributed by atoms with E-state index >= 15 is 0 Å². The Labute approximate surface area is 154 Å². The van der Waals surface area contributed by atoms with Gasteiger partial charge in [-0.2, -0.15) is 0 Å². The highest BCUT2D eigenvalue weighted by atomic mass is 32.2. The van der Waals surface area contributed by atoms with E-state index in [9.17, 15) is 13.6 Å². The van der Waals surface area contributed by atoms with Gasteiger partial charge in [-0.1, -0.05) is 0 Å². The van der Waals surface area contributed by atoms with Crippen LogP contribution < -0.4 is 14.8 Å². The summed E-state index contributed by atoms with van der Waals surface area (Å²) in [5, 5.41) is 2.38. The van der Waals surface area contributed by atoms with Gasteiger partial charge in [-0.15, -0.1) is 11.8 Å². The number of amides is 2. The molecule has 2 amide bonds. The van der Waals surface area contributed by atoms with Crippen LogP contribution >= 0.6 is 11.8 Å². The van der Waals surface area contributed by atoms with Gasteiger partial charge in [0.25, 0.3) is 0 Å². The van der Waals surface area contributed by atoms with Gasteiger partial charge < -0.3 is 19.7 Å². The molecular weight excluding hydrogens is 362 g/mol. The van der Waals surface area contributed by atoms with Crippen molar-refractivity contribution in [3.05, 3.63) is 53.6 Å². The molecule has 0 bridgehead atoms. The lowest BCUT2D eigenvalue weighted by atomic mass is 10.2. The van der Waals surface area contributed by atoms with Crippen LogP contribution in [-0.4, -0.2) is 37.4 Å². The van der Waals surface area contributed by atoms with E-state index in [0.29, 0.717) is 18.0 Å². The fourth-order valence-electron chi connectivity index (χ4n) is 2.70. The smallest absolute Gasteiger partial charge is 0.323 e. The van der Waals surface area contributed by atoms with Crippen molar-refractivity contribution >= 4 is 23.5 Å². The summed E-state index contributed by atoms with van der Waals surface area (Å²) in [7, 11) is 3.13. The van der Waals surface area contributed by atoms with Crippen LogP contribution in [0.3, 0.4) is 0 Å². The predicted molar refractivity (Wildman–Crippen MR) is 96.8 cm³/mol. The van der Waals surface area contributed by atoms with Crippen molar-refractivity contribution in [1.29, 1.82) is 0 Å². The molecule has 1 atom stereocenters. The number of benzene rings is 2. The molecular formula is C18H18F2N2O3S. The van der Waals surface area contributed by atoms with E-state index in [4.69, 9.17) is 9.47 Å². The number of nitrogens with zero attached hydrogens (tertiary/aromatic N) is 1. The number of ether oxygens (including phenoxy) is 2. The summed E-state index contributed by atoms with van der Waals surface area (Å²) in [6, 6.07) is 8.34. The van der Waals surface area contributed by atoms with Crippen LogP contribution in [0.4, 0.5) is 19.3 Å². The summed E-state index contributed by atoms with van der Waals surface area (Å²) in [5.41, 5.74) is 1.07. The first kappa shape index (κ1) is 18.3. The lowest BCUT2D eigenvalue weighted by Gasteiger charge is -2.25. The quantitative estimate of drug-likeness (QED) is 0.861. The van der Waals surface area contributed by atoms with Gasteiger partial charge in [-0.25, -0.2) is 13.6 Å². The topological polar surface area (TPSA) is 50.8 Å². The van der Waals surface area contributed by atoms with Gasteiger partial charge in [0.2, 0.25) is 0 Å². The number of hydrogen-bond donors (Lipinski definition) is 1. The summed E-state index contributed by atoms with van der Waals surface area (Å²) in [6.07, 6.45) is 0. The fraction of sp³-hybridized carbons (Fsp3) is 0.278. The molecule has 0 aliphatic carbocycles. The molecule has 0 spiro atoms. The molecule has 1 saturated heterocycles. The normalized spacial score (nSPS) is 16.5. The van der Waals surface area contributed by atoms with Crippen LogP contribution in [0.5, 0.6) is 11.5 Å². The minimum atomic E-state index is -1.01. The molecule has 2 aromatic carbocycles. The Hall–Kier alpha value is -2.48. The Morgan fingerprint density at radius 3 is 2.42 bits per heavy atom. The average Bonchev–Trinajstić information content (AvgIpc) is 3.14. The maximum atomic E-state index is 13.3. The molecule has 1 N–H and O–H groups in total. The average molecular weight is 380 g/mol. The van der Waals surface area contributed by atoms with Crippen molar-refractivity contribution in [2.45, 2.75) is 5.37 Å². The molecule has 2 aromatic rings. The molecule has 0 saturated carbocycles. The van der Waals surface area contributed by atoms with Crippen molar-refractivity contribution in [1.82, 2.24) is 4.90 Å². The Kier molecular flexibility index (Phi) is 5.51. The van der Waals surface area contributed by atoms with E-state index in [1.54, 1.807) is 36.9 Å². The van der Waals surface area contributed by atoms with E-state index in [1.807, 2.05) is 12.1 Å². The van der Waals surface area contributed by atoms with Gasteiger partial charge in [0.1, 0.15) is 16.9 Å². The molecule has 0 radical (unpaired) electrons. The number of halogens is 2. The molecule has 1 fully saturated rings. The van der Waals surface area contributed by atoms with Crippen LogP contribution in [-0.2, 0) is 0 Å². The van der Waals surface area contributed by atoms with Gasteiger partial charge >= 0.3 is 6.03 Å². The van der Waals surface area contributed by atoms with E-state index in [2.05, 4.69) is 5.32 Å². The summed E-state index contributed by atoms with van der Waals surface area (Å²) in [6.45, 7) is 0.532. The van der Waals surface area contributed by atoms with Crippen molar-refractivity contribution in [3.63, 3.8) is 0 Å². The zero-order chi connectivity index (χ0) is 18.7. The minimum absolute atomic E-state index is 0.202. The Bertz CT molecular complexity index is 797. The molecule has 1 aliphatic heterocycles. The third-order valence-corrected chi connectivity index (χ3v) is 5.24. The third-order valence-electron chi connectivity index (χ3n) is 3.98.